The Hall–Kier alpha value is -3.63. The van der Waals surface area contributed by atoms with E-state index in [0.29, 0.717) is 59.3 Å². The van der Waals surface area contributed by atoms with Gasteiger partial charge >= 0.3 is 6.03 Å². The molecule has 9 nitrogen and oxygen atoms in total. The van der Waals surface area contributed by atoms with Gasteiger partial charge in [0.1, 0.15) is 5.72 Å². The van der Waals surface area contributed by atoms with Gasteiger partial charge in [-0.2, -0.15) is 0 Å². The summed E-state index contributed by atoms with van der Waals surface area (Å²) in [6.45, 7) is 3.48. The van der Waals surface area contributed by atoms with Gasteiger partial charge in [0.15, 0.2) is 0 Å². The molecule has 1 atom stereocenters. The topological polar surface area (TPSA) is 94.2 Å². The van der Waals surface area contributed by atoms with Gasteiger partial charge in [0.25, 0.3) is 11.8 Å². The minimum atomic E-state index is -0.898. The molecule has 232 valence electrons. The summed E-state index contributed by atoms with van der Waals surface area (Å²) in [4.78, 5) is 45.2. The van der Waals surface area contributed by atoms with Crippen LogP contribution >= 0.6 is 23.2 Å². The summed E-state index contributed by atoms with van der Waals surface area (Å²) >= 11 is 12.6. The number of nitrogens with zero attached hydrogens (tertiary/aromatic N) is 3. The van der Waals surface area contributed by atoms with Gasteiger partial charge in [-0.3, -0.25) is 19.4 Å². The molecular weight excluding hydrogens is 601 g/mol. The highest BCUT2D eigenvalue weighted by Gasteiger charge is 2.43. The minimum absolute atomic E-state index is 0.0664. The number of rotatable bonds is 7. The SMILES string of the molecule is CNC(=O)N1CCN(CCC2(OC)CCCc3cc(Cl)ccc3N2C(=O)c2ccc(NC(=O)c3ccccc3Cl)cc2)CC1. The number of piperazine rings is 1. The van der Waals surface area contributed by atoms with Crippen LogP contribution in [-0.2, 0) is 11.2 Å². The molecule has 0 bridgehead atoms. The predicted molar refractivity (Wildman–Crippen MR) is 174 cm³/mol. The van der Waals surface area contributed by atoms with Crippen molar-refractivity contribution in [3.05, 3.63) is 93.5 Å². The number of fused-ring (bicyclic) bond motifs is 1. The molecule has 1 saturated heterocycles. The van der Waals surface area contributed by atoms with Crippen LogP contribution in [0.4, 0.5) is 16.2 Å². The van der Waals surface area contributed by atoms with Crippen LogP contribution in [0.25, 0.3) is 0 Å². The van der Waals surface area contributed by atoms with E-state index in [1.807, 2.05) is 17.0 Å². The number of carbonyl (C=O) groups excluding carboxylic acids is 3. The number of nitrogens with one attached hydrogen (secondary N) is 2. The molecule has 44 heavy (non-hydrogen) atoms. The van der Waals surface area contributed by atoms with Crippen molar-refractivity contribution >= 4 is 52.4 Å². The second-order valence-corrected chi connectivity index (χ2v) is 11.9. The Kier molecular flexibility index (Phi) is 10.1. The molecule has 2 aliphatic rings. The van der Waals surface area contributed by atoms with Crippen molar-refractivity contribution in [2.75, 3.05) is 57.1 Å². The van der Waals surface area contributed by atoms with E-state index in [9.17, 15) is 14.4 Å². The molecule has 2 heterocycles. The molecule has 2 N–H and O–H groups in total. The van der Waals surface area contributed by atoms with Gasteiger partial charge in [-0.1, -0.05) is 35.3 Å². The maximum absolute atomic E-state index is 14.4. The average Bonchev–Trinajstić information content (AvgIpc) is 3.20. The second kappa shape index (κ2) is 14.0. The van der Waals surface area contributed by atoms with Crippen molar-refractivity contribution in [3.8, 4) is 0 Å². The van der Waals surface area contributed by atoms with Gasteiger partial charge in [0.05, 0.1) is 16.3 Å². The first-order valence-corrected chi connectivity index (χ1v) is 15.5. The van der Waals surface area contributed by atoms with E-state index in [2.05, 4.69) is 15.5 Å². The summed E-state index contributed by atoms with van der Waals surface area (Å²) in [5, 5.41) is 6.53. The quantitative estimate of drug-likeness (QED) is 0.335. The Bertz CT molecular complexity index is 1510. The predicted octanol–water partition coefficient (Wildman–Crippen LogP) is 5.92. The van der Waals surface area contributed by atoms with Crippen molar-refractivity contribution < 1.29 is 19.1 Å². The molecule has 11 heteroatoms. The van der Waals surface area contributed by atoms with E-state index in [-0.39, 0.29) is 17.8 Å². The van der Waals surface area contributed by atoms with E-state index in [4.69, 9.17) is 27.9 Å². The third-order valence-electron chi connectivity index (χ3n) is 8.49. The van der Waals surface area contributed by atoms with Crippen LogP contribution in [0.15, 0.2) is 66.7 Å². The zero-order valence-electron chi connectivity index (χ0n) is 24.9. The fourth-order valence-electron chi connectivity index (χ4n) is 6.02. The molecule has 0 radical (unpaired) electrons. The van der Waals surface area contributed by atoms with Crippen molar-refractivity contribution in [2.24, 2.45) is 0 Å². The maximum atomic E-state index is 14.4. The standard InChI is InChI=1S/C33H37Cl2N5O4/c1-36-32(43)39-20-18-38(19-21-39)17-16-33(44-2)15-5-6-24-22-25(34)11-14-29(24)40(33)31(42)23-9-12-26(13-10-23)37-30(41)27-7-3-4-8-28(27)35/h3-4,7-14,22H,5-6,15-21H2,1-2H3,(H,36,43)(H,37,41). The lowest BCUT2D eigenvalue weighted by molar-refractivity contribution is -0.0311. The van der Waals surface area contributed by atoms with Crippen molar-refractivity contribution in [1.29, 1.82) is 0 Å². The molecule has 1 unspecified atom stereocenters. The Balaban J connectivity index is 1.39. The molecule has 2 aliphatic heterocycles. The van der Waals surface area contributed by atoms with Crippen molar-refractivity contribution in [2.45, 2.75) is 31.4 Å². The smallest absolute Gasteiger partial charge is 0.317 e. The Labute approximate surface area is 268 Å². The highest BCUT2D eigenvalue weighted by Crippen LogP contribution is 2.40. The number of urea groups is 1. The zero-order chi connectivity index (χ0) is 31.3. The fraction of sp³-hybridized carbons (Fsp3) is 0.364. The summed E-state index contributed by atoms with van der Waals surface area (Å²) in [6.07, 6.45) is 2.82. The van der Waals surface area contributed by atoms with Crippen LogP contribution in [0.1, 0.15) is 45.5 Å². The van der Waals surface area contributed by atoms with Gasteiger partial charge < -0.3 is 20.3 Å². The molecule has 1 fully saturated rings. The Morgan fingerprint density at radius 3 is 2.36 bits per heavy atom. The average molecular weight is 639 g/mol. The molecule has 3 aromatic rings. The van der Waals surface area contributed by atoms with Crippen LogP contribution in [0.5, 0.6) is 0 Å². The van der Waals surface area contributed by atoms with E-state index in [0.717, 1.165) is 37.2 Å². The molecule has 4 amide bonds. The number of halogens is 2. The van der Waals surface area contributed by atoms with Crippen LogP contribution in [0.2, 0.25) is 10.0 Å². The van der Waals surface area contributed by atoms with Gasteiger partial charge in [-0.25, -0.2) is 4.79 Å². The highest BCUT2D eigenvalue weighted by atomic mass is 35.5. The largest absolute Gasteiger partial charge is 0.358 e. The third kappa shape index (κ3) is 6.86. The second-order valence-electron chi connectivity index (χ2n) is 11.1. The van der Waals surface area contributed by atoms with Crippen LogP contribution in [0.3, 0.4) is 0 Å². The monoisotopic (exact) mass is 637 g/mol. The number of benzene rings is 3. The molecule has 0 aromatic heterocycles. The lowest BCUT2D eigenvalue weighted by atomic mass is 9.99. The first kappa shape index (κ1) is 31.8. The zero-order valence-corrected chi connectivity index (χ0v) is 26.5. The number of hydrogen-bond acceptors (Lipinski definition) is 5. The van der Waals surface area contributed by atoms with Gasteiger partial charge in [-0.05, 0) is 79.4 Å². The van der Waals surface area contributed by atoms with Crippen molar-refractivity contribution in [3.63, 3.8) is 0 Å². The third-order valence-corrected chi connectivity index (χ3v) is 9.05. The lowest BCUT2D eigenvalue weighted by Gasteiger charge is -2.44. The van der Waals surface area contributed by atoms with E-state index >= 15 is 0 Å². The molecule has 5 rings (SSSR count). The maximum Gasteiger partial charge on any atom is 0.317 e. The summed E-state index contributed by atoms with van der Waals surface area (Å²) in [7, 11) is 3.31. The number of aryl methyl sites for hydroxylation is 1. The normalized spacial score (nSPS) is 18.7. The lowest BCUT2D eigenvalue weighted by Crippen LogP contribution is -2.56. The number of amides is 4. The van der Waals surface area contributed by atoms with Crippen molar-refractivity contribution in [1.82, 2.24) is 15.1 Å². The van der Waals surface area contributed by atoms with Gasteiger partial charge in [0.2, 0.25) is 0 Å². The number of anilines is 2. The Morgan fingerprint density at radius 2 is 1.68 bits per heavy atom. The van der Waals surface area contributed by atoms with Crippen LogP contribution in [0, 0.1) is 0 Å². The van der Waals surface area contributed by atoms with E-state index in [1.54, 1.807) is 73.7 Å². The summed E-state index contributed by atoms with van der Waals surface area (Å²) in [5.41, 5.74) is 2.25. The van der Waals surface area contributed by atoms with Crippen LogP contribution in [-0.4, -0.2) is 80.3 Å². The number of carbonyl (C=O) groups is 3. The van der Waals surface area contributed by atoms with E-state index < -0.39 is 5.72 Å². The molecule has 0 spiro atoms. The molecule has 0 aliphatic carbocycles. The Morgan fingerprint density at radius 1 is 0.955 bits per heavy atom. The molecule has 0 saturated carbocycles. The first-order chi connectivity index (χ1) is 21.2. The summed E-state index contributed by atoms with van der Waals surface area (Å²) in [6, 6.07) is 19.2. The molecule has 3 aromatic carbocycles. The first-order valence-electron chi connectivity index (χ1n) is 14.8. The highest BCUT2D eigenvalue weighted by molar-refractivity contribution is 6.34. The number of methoxy groups -OCH3 is 1. The van der Waals surface area contributed by atoms with Gasteiger partial charge in [-0.15, -0.1) is 0 Å². The van der Waals surface area contributed by atoms with Crippen LogP contribution < -0.4 is 15.5 Å². The minimum Gasteiger partial charge on any atom is -0.358 e. The van der Waals surface area contributed by atoms with E-state index in [1.165, 1.54) is 0 Å². The summed E-state index contributed by atoms with van der Waals surface area (Å²) in [5.74, 6) is -0.534. The number of ether oxygens (including phenoxy) is 1. The van der Waals surface area contributed by atoms with Gasteiger partial charge in [0, 0.05) is 69.6 Å². The summed E-state index contributed by atoms with van der Waals surface area (Å²) < 4.78 is 6.31. The number of hydrogen-bond donors (Lipinski definition) is 2. The molecular formula is C33H37Cl2N5O4. The fourth-order valence-corrected chi connectivity index (χ4v) is 6.44.